The van der Waals surface area contributed by atoms with Crippen LogP contribution in [0.5, 0.6) is 11.5 Å². The molecule has 0 aliphatic heterocycles. The standard InChI is InChI=1S/C32H22F3N5O3/c1-19-2-9-25(32(42)40(19)24-7-4-21(33)5-8-24)28(41)15-20-3-10-29(26(35)14-20)43-30-16-23(18-39-27(30)12-13-37-39)38-31-11-6-22(34)17-36-31/h2-14,16-18H,15H2,1H3,(H,36,38). The first-order valence-corrected chi connectivity index (χ1v) is 13.1. The molecule has 0 unspecified atom stereocenters. The van der Waals surface area contributed by atoms with Crippen LogP contribution in [0.2, 0.25) is 0 Å². The molecule has 0 aliphatic rings. The van der Waals surface area contributed by atoms with Gasteiger partial charge in [0.05, 0.1) is 29.8 Å². The molecule has 6 aromatic rings. The zero-order valence-corrected chi connectivity index (χ0v) is 22.6. The highest BCUT2D eigenvalue weighted by Crippen LogP contribution is 2.32. The van der Waals surface area contributed by atoms with Crippen molar-refractivity contribution in [3.05, 3.63) is 142 Å². The predicted octanol–water partition coefficient (Wildman–Crippen LogP) is 6.57. The van der Waals surface area contributed by atoms with Gasteiger partial charge in [-0.15, -0.1) is 0 Å². The van der Waals surface area contributed by atoms with Crippen LogP contribution in [0.1, 0.15) is 21.6 Å². The van der Waals surface area contributed by atoms with Crippen molar-refractivity contribution in [3.63, 3.8) is 0 Å². The van der Waals surface area contributed by atoms with Gasteiger partial charge < -0.3 is 10.1 Å². The monoisotopic (exact) mass is 581 g/mol. The summed E-state index contributed by atoms with van der Waals surface area (Å²) in [5.41, 5.74) is 1.79. The fourth-order valence-electron chi connectivity index (χ4n) is 4.63. The smallest absolute Gasteiger partial charge is 0.266 e. The van der Waals surface area contributed by atoms with Crippen molar-refractivity contribution in [2.75, 3.05) is 5.32 Å². The number of aromatic nitrogens is 4. The molecule has 0 atom stereocenters. The Bertz CT molecular complexity index is 2040. The van der Waals surface area contributed by atoms with E-state index in [-0.39, 0.29) is 23.5 Å². The molecule has 43 heavy (non-hydrogen) atoms. The van der Waals surface area contributed by atoms with E-state index < -0.39 is 28.8 Å². The fourth-order valence-corrected chi connectivity index (χ4v) is 4.63. The van der Waals surface area contributed by atoms with Crippen LogP contribution in [0.15, 0.2) is 102 Å². The summed E-state index contributed by atoms with van der Waals surface area (Å²) in [6.07, 6.45) is 4.08. The number of hydrogen-bond donors (Lipinski definition) is 1. The van der Waals surface area contributed by atoms with E-state index in [1.54, 1.807) is 43.6 Å². The molecular weight excluding hydrogens is 559 g/mol. The minimum Gasteiger partial charge on any atom is -0.452 e. The summed E-state index contributed by atoms with van der Waals surface area (Å²) in [5.74, 6) is -1.55. The summed E-state index contributed by atoms with van der Waals surface area (Å²) < 4.78 is 50.6. The number of aryl methyl sites for hydroxylation is 1. The third-order valence-corrected chi connectivity index (χ3v) is 6.71. The number of fused-ring (bicyclic) bond motifs is 1. The summed E-state index contributed by atoms with van der Waals surface area (Å²) >= 11 is 0. The number of halogens is 3. The number of nitrogens with zero attached hydrogens (tertiary/aromatic N) is 4. The number of rotatable bonds is 8. The molecule has 0 saturated carbocycles. The minimum absolute atomic E-state index is 0.0706. The highest BCUT2D eigenvalue weighted by molar-refractivity contribution is 5.97. The van der Waals surface area contributed by atoms with Crippen molar-refractivity contribution in [2.45, 2.75) is 13.3 Å². The predicted molar refractivity (Wildman–Crippen MR) is 154 cm³/mol. The second kappa shape index (κ2) is 11.3. The number of ketones is 1. The van der Waals surface area contributed by atoms with Crippen molar-refractivity contribution in [1.29, 1.82) is 0 Å². The lowest BCUT2D eigenvalue weighted by molar-refractivity contribution is 0.0991. The Kier molecular flexibility index (Phi) is 7.21. The molecule has 4 heterocycles. The molecule has 11 heteroatoms. The molecule has 8 nitrogen and oxygen atoms in total. The molecule has 0 saturated heterocycles. The highest BCUT2D eigenvalue weighted by Gasteiger charge is 2.18. The van der Waals surface area contributed by atoms with E-state index in [4.69, 9.17) is 4.74 Å². The second-order valence-electron chi connectivity index (χ2n) is 9.71. The van der Waals surface area contributed by atoms with E-state index in [1.165, 1.54) is 63.7 Å². The Morgan fingerprint density at radius 2 is 1.70 bits per heavy atom. The summed E-state index contributed by atoms with van der Waals surface area (Å²) in [4.78, 5) is 30.3. The van der Waals surface area contributed by atoms with Gasteiger partial charge in [0.1, 0.15) is 23.0 Å². The average molecular weight is 582 g/mol. The summed E-state index contributed by atoms with van der Waals surface area (Å²) in [5, 5.41) is 7.25. The van der Waals surface area contributed by atoms with Gasteiger partial charge in [0.25, 0.3) is 5.56 Å². The molecular formula is C32H22F3N5O3. The van der Waals surface area contributed by atoms with Crippen molar-refractivity contribution >= 4 is 22.8 Å². The van der Waals surface area contributed by atoms with Crippen LogP contribution in [0.4, 0.5) is 24.7 Å². The van der Waals surface area contributed by atoms with Gasteiger partial charge in [0.15, 0.2) is 23.1 Å². The second-order valence-corrected chi connectivity index (χ2v) is 9.71. The van der Waals surface area contributed by atoms with Crippen molar-refractivity contribution in [3.8, 4) is 17.2 Å². The fraction of sp³-hybridized carbons (Fsp3) is 0.0625. The molecule has 0 bridgehead atoms. The molecule has 0 radical (unpaired) electrons. The number of carbonyl (C=O) groups is 1. The van der Waals surface area contributed by atoms with Gasteiger partial charge >= 0.3 is 0 Å². The van der Waals surface area contributed by atoms with E-state index in [2.05, 4.69) is 15.4 Å². The number of carbonyl (C=O) groups excluding carboxylic acids is 1. The van der Waals surface area contributed by atoms with Gasteiger partial charge in [-0.05, 0) is 79.2 Å². The van der Waals surface area contributed by atoms with E-state index in [0.717, 1.165) is 6.20 Å². The normalized spacial score (nSPS) is 11.1. The first kappa shape index (κ1) is 27.5. The SMILES string of the molecule is Cc1ccc(C(=O)Cc2ccc(Oc3cc(Nc4ccc(F)cn4)cn4nccc34)c(F)c2)c(=O)n1-c1ccc(F)cc1. The van der Waals surface area contributed by atoms with E-state index >= 15 is 4.39 Å². The van der Waals surface area contributed by atoms with Crippen LogP contribution in [0.3, 0.4) is 0 Å². The summed E-state index contributed by atoms with van der Waals surface area (Å²) in [7, 11) is 0. The molecule has 0 fully saturated rings. The van der Waals surface area contributed by atoms with Gasteiger partial charge in [-0.2, -0.15) is 5.10 Å². The van der Waals surface area contributed by atoms with Gasteiger partial charge in [-0.25, -0.2) is 22.7 Å². The Balaban J connectivity index is 1.23. The number of Topliss-reactive ketones (excluding diaryl/α,β-unsaturated/α-hetero) is 1. The number of nitrogens with one attached hydrogen (secondary N) is 1. The maximum atomic E-state index is 15.2. The maximum absolute atomic E-state index is 15.2. The van der Waals surface area contributed by atoms with Gasteiger partial charge in [0, 0.05) is 23.9 Å². The van der Waals surface area contributed by atoms with Crippen LogP contribution in [-0.2, 0) is 6.42 Å². The topological polar surface area (TPSA) is 90.5 Å². The Hall–Kier alpha value is -5.71. The lowest BCUT2D eigenvalue weighted by Crippen LogP contribution is -2.27. The zero-order chi connectivity index (χ0) is 30.1. The molecule has 1 N–H and O–H groups in total. The number of ether oxygens (including phenoxy) is 1. The van der Waals surface area contributed by atoms with E-state index in [1.807, 2.05) is 0 Å². The molecule has 0 aliphatic carbocycles. The average Bonchev–Trinajstić information content (AvgIpc) is 3.46. The van der Waals surface area contributed by atoms with E-state index in [9.17, 15) is 18.4 Å². The molecule has 214 valence electrons. The lowest BCUT2D eigenvalue weighted by Gasteiger charge is -2.13. The van der Waals surface area contributed by atoms with Crippen molar-refractivity contribution in [2.24, 2.45) is 0 Å². The van der Waals surface area contributed by atoms with Crippen LogP contribution >= 0.6 is 0 Å². The van der Waals surface area contributed by atoms with Crippen molar-refractivity contribution < 1.29 is 22.7 Å². The maximum Gasteiger partial charge on any atom is 0.266 e. The highest BCUT2D eigenvalue weighted by atomic mass is 19.1. The zero-order valence-electron chi connectivity index (χ0n) is 22.6. The van der Waals surface area contributed by atoms with Gasteiger partial charge in [-0.1, -0.05) is 6.07 Å². The minimum atomic E-state index is -0.714. The van der Waals surface area contributed by atoms with Gasteiger partial charge in [-0.3, -0.25) is 14.2 Å². The third-order valence-electron chi connectivity index (χ3n) is 6.71. The number of benzene rings is 2. The summed E-state index contributed by atoms with van der Waals surface area (Å²) in [6.45, 7) is 1.70. The van der Waals surface area contributed by atoms with E-state index in [0.29, 0.717) is 34.0 Å². The quantitative estimate of drug-likeness (QED) is 0.205. The van der Waals surface area contributed by atoms with Crippen LogP contribution in [0, 0.1) is 24.4 Å². The Labute approximate surface area is 242 Å². The lowest BCUT2D eigenvalue weighted by atomic mass is 10.0. The number of pyridine rings is 3. The van der Waals surface area contributed by atoms with Crippen LogP contribution < -0.4 is 15.6 Å². The first-order chi connectivity index (χ1) is 20.7. The first-order valence-electron chi connectivity index (χ1n) is 13.1. The molecule has 0 amide bonds. The molecule has 2 aromatic carbocycles. The van der Waals surface area contributed by atoms with Crippen molar-refractivity contribution in [1.82, 2.24) is 19.2 Å². The third kappa shape index (κ3) is 5.73. The number of anilines is 2. The largest absolute Gasteiger partial charge is 0.452 e. The Morgan fingerprint density at radius 1 is 0.907 bits per heavy atom. The van der Waals surface area contributed by atoms with Crippen LogP contribution in [0.25, 0.3) is 11.2 Å². The Morgan fingerprint density at radius 3 is 2.44 bits per heavy atom. The molecule has 4 aromatic heterocycles. The molecule has 6 rings (SSSR count). The summed E-state index contributed by atoms with van der Waals surface area (Å²) in [6, 6.07) is 18.6. The van der Waals surface area contributed by atoms with Crippen LogP contribution in [-0.4, -0.2) is 24.9 Å². The number of hydrogen-bond acceptors (Lipinski definition) is 6. The molecule has 0 spiro atoms. The van der Waals surface area contributed by atoms with Gasteiger partial charge in [0.2, 0.25) is 0 Å².